The van der Waals surface area contributed by atoms with Crippen LogP contribution in [0.2, 0.25) is 0 Å². The molecule has 1 amide bonds. The normalized spacial score (nSPS) is 11.0. The Balaban J connectivity index is 1.79. The highest BCUT2D eigenvalue weighted by Crippen LogP contribution is 2.17. The first-order chi connectivity index (χ1) is 10.1. The van der Waals surface area contributed by atoms with Gasteiger partial charge in [-0.1, -0.05) is 32.0 Å². The number of hydrogen-bond donors (Lipinski definition) is 1. The molecule has 2 heterocycles. The second-order valence-corrected chi connectivity index (χ2v) is 5.33. The maximum absolute atomic E-state index is 12.2. The third kappa shape index (κ3) is 2.79. The fourth-order valence-corrected chi connectivity index (χ4v) is 2.20. The maximum atomic E-state index is 12.2. The molecule has 0 fully saturated rings. The molecule has 0 aliphatic rings. The molecule has 0 saturated carbocycles. The summed E-state index contributed by atoms with van der Waals surface area (Å²) in [6, 6.07) is 15.4. The van der Waals surface area contributed by atoms with Crippen molar-refractivity contribution in [1.82, 2.24) is 9.61 Å². The van der Waals surface area contributed by atoms with Gasteiger partial charge in [-0.3, -0.25) is 4.79 Å². The number of nitrogens with zero attached hydrogens (tertiary/aromatic N) is 2. The number of hydrogen-bond acceptors (Lipinski definition) is 2. The van der Waals surface area contributed by atoms with Crippen molar-refractivity contribution in [1.29, 1.82) is 0 Å². The first-order valence-corrected chi connectivity index (χ1v) is 6.99. The molecule has 0 unspecified atom stereocenters. The summed E-state index contributed by atoms with van der Waals surface area (Å²) in [6.07, 6.45) is 1.82. The number of nitrogens with one attached hydrogen (secondary N) is 1. The van der Waals surface area contributed by atoms with Gasteiger partial charge in [-0.25, -0.2) is 4.52 Å². The van der Waals surface area contributed by atoms with E-state index in [1.165, 1.54) is 5.56 Å². The van der Waals surface area contributed by atoms with Crippen LogP contribution in [0.3, 0.4) is 0 Å². The van der Waals surface area contributed by atoms with E-state index < -0.39 is 0 Å². The lowest BCUT2D eigenvalue weighted by molar-refractivity contribution is 0.102. The van der Waals surface area contributed by atoms with Crippen LogP contribution in [0.15, 0.2) is 54.7 Å². The zero-order valence-corrected chi connectivity index (χ0v) is 12.1. The van der Waals surface area contributed by atoms with E-state index in [0.717, 1.165) is 11.2 Å². The minimum Gasteiger partial charge on any atom is -0.321 e. The minimum absolute atomic E-state index is 0.198. The molecule has 0 spiro atoms. The van der Waals surface area contributed by atoms with E-state index in [2.05, 4.69) is 24.3 Å². The number of fused-ring (bicyclic) bond motifs is 1. The van der Waals surface area contributed by atoms with Gasteiger partial charge in [0.1, 0.15) is 0 Å². The van der Waals surface area contributed by atoms with Gasteiger partial charge in [0, 0.05) is 11.9 Å². The smallest absolute Gasteiger partial charge is 0.276 e. The quantitative estimate of drug-likeness (QED) is 0.794. The Morgan fingerprint density at radius 2 is 1.90 bits per heavy atom. The molecule has 0 bridgehead atoms. The number of carbonyl (C=O) groups excluding carboxylic acids is 1. The van der Waals surface area contributed by atoms with Crippen LogP contribution in [0, 0.1) is 0 Å². The number of pyridine rings is 1. The van der Waals surface area contributed by atoms with E-state index in [9.17, 15) is 4.79 Å². The van der Waals surface area contributed by atoms with Gasteiger partial charge >= 0.3 is 0 Å². The van der Waals surface area contributed by atoms with Crippen molar-refractivity contribution >= 4 is 17.1 Å². The summed E-state index contributed by atoms with van der Waals surface area (Å²) < 4.78 is 1.69. The third-order valence-electron chi connectivity index (χ3n) is 3.44. The van der Waals surface area contributed by atoms with E-state index in [0.29, 0.717) is 11.6 Å². The first-order valence-electron chi connectivity index (χ1n) is 6.99. The molecule has 106 valence electrons. The molecule has 3 aromatic rings. The topological polar surface area (TPSA) is 46.4 Å². The van der Waals surface area contributed by atoms with Gasteiger partial charge in [-0.15, -0.1) is 0 Å². The van der Waals surface area contributed by atoms with E-state index >= 15 is 0 Å². The summed E-state index contributed by atoms with van der Waals surface area (Å²) in [4.78, 5) is 12.2. The minimum atomic E-state index is -0.198. The molecule has 21 heavy (non-hydrogen) atoms. The fourth-order valence-electron chi connectivity index (χ4n) is 2.20. The van der Waals surface area contributed by atoms with Crippen molar-refractivity contribution in [2.24, 2.45) is 0 Å². The number of aromatic nitrogens is 2. The van der Waals surface area contributed by atoms with Crippen molar-refractivity contribution in [2.75, 3.05) is 5.32 Å². The third-order valence-corrected chi connectivity index (χ3v) is 3.44. The molecular formula is C17H17N3O. The number of amides is 1. The molecule has 4 nitrogen and oxygen atoms in total. The zero-order chi connectivity index (χ0) is 14.8. The summed E-state index contributed by atoms with van der Waals surface area (Å²) in [5.41, 5.74) is 3.34. The van der Waals surface area contributed by atoms with E-state index in [1.54, 1.807) is 10.6 Å². The lowest BCUT2D eigenvalue weighted by Gasteiger charge is -2.07. The molecule has 1 N–H and O–H groups in total. The van der Waals surface area contributed by atoms with Crippen molar-refractivity contribution in [3.8, 4) is 0 Å². The highest BCUT2D eigenvalue weighted by molar-refractivity contribution is 6.03. The predicted octanol–water partition coefficient (Wildman–Crippen LogP) is 3.71. The molecule has 0 saturated heterocycles. The van der Waals surface area contributed by atoms with Gasteiger partial charge in [-0.2, -0.15) is 5.10 Å². The largest absolute Gasteiger partial charge is 0.321 e. The summed E-state index contributed by atoms with van der Waals surface area (Å²) in [5.74, 6) is 0.282. The Kier molecular flexibility index (Phi) is 3.44. The van der Waals surface area contributed by atoms with Crippen molar-refractivity contribution in [3.63, 3.8) is 0 Å². The number of rotatable bonds is 3. The van der Waals surface area contributed by atoms with Gasteiger partial charge in [0.25, 0.3) is 5.91 Å². The van der Waals surface area contributed by atoms with Crippen LogP contribution in [0.25, 0.3) is 5.52 Å². The highest BCUT2D eigenvalue weighted by atomic mass is 16.1. The molecule has 1 aromatic carbocycles. The molecule has 0 atom stereocenters. The van der Waals surface area contributed by atoms with Crippen molar-refractivity contribution < 1.29 is 4.79 Å². The van der Waals surface area contributed by atoms with Crippen LogP contribution in [0.1, 0.15) is 35.8 Å². The average molecular weight is 279 g/mol. The summed E-state index contributed by atoms with van der Waals surface area (Å²) in [6.45, 7) is 4.29. The van der Waals surface area contributed by atoms with Crippen molar-refractivity contribution in [2.45, 2.75) is 19.8 Å². The number of benzene rings is 1. The second kappa shape index (κ2) is 5.40. The summed E-state index contributed by atoms with van der Waals surface area (Å²) >= 11 is 0. The van der Waals surface area contributed by atoms with E-state index in [-0.39, 0.29) is 5.91 Å². The first kappa shape index (κ1) is 13.4. The van der Waals surface area contributed by atoms with Crippen LogP contribution in [0.4, 0.5) is 5.69 Å². The lowest BCUT2D eigenvalue weighted by atomic mass is 10.0. The van der Waals surface area contributed by atoms with Crippen LogP contribution in [-0.4, -0.2) is 15.5 Å². The van der Waals surface area contributed by atoms with Gasteiger partial charge in [0.2, 0.25) is 0 Å². The standard InChI is InChI=1S/C17H17N3O/c1-12(2)13-6-8-14(9-7-13)18-17(21)16-11-15-5-3-4-10-20(15)19-16/h3-12H,1-2H3,(H,18,21). The van der Waals surface area contributed by atoms with Crippen molar-refractivity contribution in [3.05, 3.63) is 66.0 Å². The van der Waals surface area contributed by atoms with Crippen LogP contribution < -0.4 is 5.32 Å². The predicted molar refractivity (Wildman–Crippen MR) is 83.7 cm³/mol. The molecule has 0 aliphatic heterocycles. The van der Waals surface area contributed by atoms with Gasteiger partial charge in [0.15, 0.2) is 5.69 Å². The van der Waals surface area contributed by atoms with Gasteiger partial charge in [-0.05, 0) is 41.8 Å². The van der Waals surface area contributed by atoms with Crippen LogP contribution >= 0.6 is 0 Å². The molecule has 3 rings (SSSR count). The molecule has 0 aliphatic carbocycles. The second-order valence-electron chi connectivity index (χ2n) is 5.33. The number of carbonyl (C=O) groups is 1. The average Bonchev–Trinajstić information content (AvgIpc) is 2.92. The summed E-state index contributed by atoms with van der Waals surface area (Å²) in [5, 5.41) is 7.13. The Morgan fingerprint density at radius 3 is 2.57 bits per heavy atom. The Morgan fingerprint density at radius 1 is 1.14 bits per heavy atom. The molecule has 0 radical (unpaired) electrons. The molecule has 2 aromatic heterocycles. The van der Waals surface area contributed by atoms with Crippen LogP contribution in [0.5, 0.6) is 0 Å². The fraction of sp³-hybridized carbons (Fsp3) is 0.176. The Hall–Kier alpha value is -2.62. The lowest BCUT2D eigenvalue weighted by Crippen LogP contribution is -2.12. The maximum Gasteiger partial charge on any atom is 0.276 e. The Bertz CT molecular complexity index is 739. The van der Waals surface area contributed by atoms with E-state index in [1.807, 2.05) is 48.7 Å². The SMILES string of the molecule is CC(C)c1ccc(NC(=O)c2cc3ccccn3n2)cc1. The molecule has 4 heteroatoms. The monoisotopic (exact) mass is 279 g/mol. The molecular weight excluding hydrogens is 262 g/mol. The van der Waals surface area contributed by atoms with Gasteiger partial charge < -0.3 is 5.32 Å². The highest BCUT2D eigenvalue weighted by Gasteiger charge is 2.11. The number of anilines is 1. The summed E-state index contributed by atoms with van der Waals surface area (Å²) in [7, 11) is 0. The Labute approximate surface area is 123 Å². The zero-order valence-electron chi connectivity index (χ0n) is 12.1. The van der Waals surface area contributed by atoms with Gasteiger partial charge in [0.05, 0.1) is 5.52 Å². The van der Waals surface area contributed by atoms with Crippen LogP contribution in [-0.2, 0) is 0 Å². The van der Waals surface area contributed by atoms with E-state index in [4.69, 9.17) is 0 Å².